The second-order valence-electron chi connectivity index (χ2n) is 16.3. The van der Waals surface area contributed by atoms with Crippen LogP contribution in [0.25, 0.3) is 0 Å². The zero-order valence-corrected chi connectivity index (χ0v) is 36.1. The van der Waals surface area contributed by atoms with E-state index in [1.165, 1.54) is 64.2 Å². The molecule has 0 aromatic heterocycles. The number of rotatable bonds is 28. The lowest BCUT2D eigenvalue weighted by Gasteiger charge is -2.46. The molecule has 4 aromatic rings. The minimum atomic E-state index is -0.929. The van der Waals surface area contributed by atoms with Crippen LogP contribution in [0.5, 0.6) is 0 Å². The third-order valence-electron chi connectivity index (χ3n) is 11.3. The summed E-state index contributed by atoms with van der Waals surface area (Å²) < 4.78 is 33.9. The van der Waals surface area contributed by atoms with Gasteiger partial charge in [0.1, 0.15) is 30.5 Å². The van der Waals surface area contributed by atoms with Crippen LogP contribution in [-0.4, -0.2) is 54.4 Å². The highest BCUT2D eigenvalue weighted by atomic mass is 16.6. The highest BCUT2D eigenvalue weighted by molar-refractivity contribution is 5.17. The van der Waals surface area contributed by atoms with Crippen LogP contribution in [0, 0.1) is 11.8 Å². The van der Waals surface area contributed by atoms with Crippen LogP contribution >= 0.6 is 0 Å². The number of aliphatic hydroxyl groups excluding tert-OH is 1. The molecule has 7 atom stereocenters. The molecule has 1 aliphatic rings. The minimum absolute atomic E-state index is 0.292. The molecule has 1 fully saturated rings. The fourth-order valence-corrected chi connectivity index (χ4v) is 7.79. The van der Waals surface area contributed by atoms with E-state index < -0.39 is 42.7 Å². The van der Waals surface area contributed by atoms with Gasteiger partial charge < -0.3 is 34.5 Å². The first kappa shape index (κ1) is 47.2. The van der Waals surface area contributed by atoms with E-state index in [-0.39, 0.29) is 0 Å². The van der Waals surface area contributed by atoms with Crippen LogP contribution in [0.4, 0.5) is 0 Å². The lowest BCUT2D eigenvalue weighted by molar-refractivity contribution is -0.273. The number of benzene rings is 4. The quantitative estimate of drug-likeness (QED) is 0.0436. The molecule has 324 valence electrons. The van der Waals surface area contributed by atoms with Crippen LogP contribution in [0.1, 0.15) is 119 Å². The summed E-state index contributed by atoms with van der Waals surface area (Å²) in [6.07, 6.45) is 12.7. The predicted octanol–water partition coefficient (Wildman–Crippen LogP) is 10.9. The maximum Gasteiger partial charge on any atom is 0.129 e. The molecular formula is C53H71NO6. The fraction of sp³-hybridized carbons (Fsp3) is 0.509. The van der Waals surface area contributed by atoms with E-state index in [2.05, 4.69) is 67.3 Å². The molecule has 0 amide bonds. The van der Waals surface area contributed by atoms with E-state index in [0.29, 0.717) is 45.9 Å². The van der Waals surface area contributed by atoms with Crippen molar-refractivity contribution in [1.29, 1.82) is 0 Å². The number of ether oxygens (including phenoxy) is 5. The van der Waals surface area contributed by atoms with Crippen LogP contribution in [0.15, 0.2) is 121 Å². The average molecular weight is 818 g/mol. The minimum Gasteiger partial charge on any atom is -0.379 e. The number of hydrogen-bond donors (Lipinski definition) is 2. The Morgan fingerprint density at radius 1 is 0.550 bits per heavy atom. The fourth-order valence-electron chi connectivity index (χ4n) is 7.79. The summed E-state index contributed by atoms with van der Waals surface area (Å²) in [7, 11) is 0. The Morgan fingerprint density at radius 3 is 1.45 bits per heavy atom. The molecule has 5 rings (SSSR count). The van der Waals surface area contributed by atoms with Gasteiger partial charge in [-0.2, -0.15) is 0 Å². The Bertz CT molecular complexity index is 1720. The molecule has 0 bridgehead atoms. The van der Waals surface area contributed by atoms with Gasteiger partial charge in [0.15, 0.2) is 0 Å². The van der Waals surface area contributed by atoms with Crippen molar-refractivity contribution in [2.24, 2.45) is 5.73 Å². The first-order valence-corrected chi connectivity index (χ1v) is 22.8. The standard InChI is InChI=1S/C53H71NO6/c1-2-3-4-5-6-7-8-9-10-11-12-13-26-35-48(55)47(54)36-37-49-51(57-39-44-29-20-15-21-30-44)53(59-41-46-33-24-17-25-34-46)52(58-40-45-31-22-16-23-32-45)50(60-49)42-56-38-43-27-18-14-19-28-43/h14-25,27-34,47-53,55H,2-13,36-42,54H2,1H3/t47-,48+,49-,50+,51-,52-,53+/m0/s1. The molecule has 1 saturated heterocycles. The maximum atomic E-state index is 11.1. The van der Waals surface area contributed by atoms with Gasteiger partial charge in [0, 0.05) is 12.5 Å². The monoisotopic (exact) mass is 818 g/mol. The number of nitrogens with two attached hydrogens (primary N) is 1. The maximum absolute atomic E-state index is 11.1. The van der Waals surface area contributed by atoms with Crippen molar-refractivity contribution in [3.63, 3.8) is 0 Å². The molecule has 4 aromatic carbocycles. The molecule has 7 nitrogen and oxygen atoms in total. The van der Waals surface area contributed by atoms with Gasteiger partial charge in [0.2, 0.25) is 0 Å². The van der Waals surface area contributed by atoms with E-state index in [4.69, 9.17) is 29.4 Å². The van der Waals surface area contributed by atoms with Gasteiger partial charge in [-0.25, -0.2) is 0 Å². The van der Waals surface area contributed by atoms with Crippen LogP contribution in [-0.2, 0) is 50.1 Å². The van der Waals surface area contributed by atoms with E-state index in [1.54, 1.807) is 0 Å². The first-order chi connectivity index (χ1) is 29.6. The average Bonchev–Trinajstić information content (AvgIpc) is 3.29. The van der Waals surface area contributed by atoms with Gasteiger partial charge in [-0.3, -0.25) is 0 Å². The molecule has 1 aliphatic heterocycles. The van der Waals surface area contributed by atoms with Crippen molar-refractivity contribution in [2.75, 3.05) is 6.61 Å². The Labute approximate surface area is 361 Å². The Morgan fingerprint density at radius 2 is 0.967 bits per heavy atom. The lowest BCUT2D eigenvalue weighted by Crippen LogP contribution is -2.61. The van der Waals surface area contributed by atoms with Crippen molar-refractivity contribution in [3.8, 4) is 11.8 Å². The second kappa shape index (κ2) is 28.6. The molecule has 0 unspecified atom stereocenters. The summed E-state index contributed by atoms with van der Waals surface area (Å²) >= 11 is 0. The summed E-state index contributed by atoms with van der Waals surface area (Å²) in [4.78, 5) is 0. The van der Waals surface area contributed by atoms with E-state index in [0.717, 1.165) is 35.1 Å². The largest absolute Gasteiger partial charge is 0.379 e. The van der Waals surface area contributed by atoms with Crippen LogP contribution in [0.3, 0.4) is 0 Å². The predicted molar refractivity (Wildman–Crippen MR) is 242 cm³/mol. The Kier molecular flexibility index (Phi) is 22.5. The van der Waals surface area contributed by atoms with Gasteiger partial charge in [-0.1, -0.05) is 198 Å². The number of hydrogen-bond acceptors (Lipinski definition) is 7. The number of aliphatic hydroxyl groups is 1. The van der Waals surface area contributed by atoms with Gasteiger partial charge >= 0.3 is 0 Å². The van der Waals surface area contributed by atoms with Crippen molar-refractivity contribution in [1.82, 2.24) is 0 Å². The summed E-state index contributed by atoms with van der Waals surface area (Å²) in [6, 6.07) is 40.1. The van der Waals surface area contributed by atoms with Crippen LogP contribution < -0.4 is 5.73 Å². The Balaban J connectivity index is 1.26. The molecule has 60 heavy (non-hydrogen) atoms. The third kappa shape index (κ3) is 17.6. The molecule has 0 spiro atoms. The lowest BCUT2D eigenvalue weighted by atomic mass is 9.90. The summed E-state index contributed by atoms with van der Waals surface area (Å²) in [5.74, 6) is 6.26. The van der Waals surface area contributed by atoms with Gasteiger partial charge in [-0.05, 0) is 41.5 Å². The van der Waals surface area contributed by atoms with Crippen LogP contribution in [0.2, 0.25) is 0 Å². The van der Waals surface area contributed by atoms with Crippen molar-refractivity contribution < 1.29 is 28.8 Å². The zero-order chi connectivity index (χ0) is 41.9. The van der Waals surface area contributed by atoms with Gasteiger partial charge in [0.25, 0.3) is 0 Å². The van der Waals surface area contributed by atoms with Crippen molar-refractivity contribution in [2.45, 2.75) is 166 Å². The molecule has 0 radical (unpaired) electrons. The second-order valence-corrected chi connectivity index (χ2v) is 16.3. The smallest absolute Gasteiger partial charge is 0.129 e. The highest BCUT2D eigenvalue weighted by Gasteiger charge is 2.48. The summed E-state index contributed by atoms with van der Waals surface area (Å²) in [5.41, 5.74) is 10.9. The number of unbranched alkanes of at least 4 members (excludes halogenated alkanes) is 11. The van der Waals surface area contributed by atoms with Gasteiger partial charge in [-0.15, -0.1) is 5.92 Å². The van der Waals surface area contributed by atoms with E-state index >= 15 is 0 Å². The molecule has 7 heteroatoms. The summed E-state index contributed by atoms with van der Waals surface area (Å²) in [6.45, 7) is 4.12. The normalized spacial score (nSPS) is 19.9. The van der Waals surface area contributed by atoms with E-state index in [1.807, 2.05) is 72.8 Å². The molecule has 1 heterocycles. The molecule has 0 aliphatic carbocycles. The topological polar surface area (TPSA) is 92.4 Å². The Hall–Kier alpha value is -3.84. The van der Waals surface area contributed by atoms with Crippen molar-refractivity contribution in [3.05, 3.63) is 144 Å². The van der Waals surface area contributed by atoms with E-state index in [9.17, 15) is 5.11 Å². The highest BCUT2D eigenvalue weighted by Crippen LogP contribution is 2.33. The summed E-state index contributed by atoms with van der Waals surface area (Å²) in [5, 5.41) is 11.1. The van der Waals surface area contributed by atoms with Crippen molar-refractivity contribution >= 4 is 0 Å². The SMILES string of the molecule is CCCCCCCCCCCCCC#C[C@@H](O)[C@@H](N)CC[C@@H]1O[C@H](COCc2ccccc2)[C@H](OCc2ccccc2)[C@H](OCc2ccccc2)[C@H]1OCc1ccccc1. The third-order valence-corrected chi connectivity index (χ3v) is 11.3. The molecule has 0 saturated carbocycles. The molecular weight excluding hydrogens is 747 g/mol. The first-order valence-electron chi connectivity index (χ1n) is 22.8. The zero-order valence-electron chi connectivity index (χ0n) is 36.1. The molecule has 3 N–H and O–H groups in total. The van der Waals surface area contributed by atoms with Gasteiger partial charge in [0.05, 0.1) is 39.1 Å².